The van der Waals surface area contributed by atoms with Crippen LogP contribution in [0.15, 0.2) is 24.3 Å². The number of piperazine rings is 1. The van der Waals surface area contributed by atoms with Crippen LogP contribution >= 0.6 is 11.3 Å². The largest absolute Gasteiger partial charge is 0.496 e. The van der Waals surface area contributed by atoms with Gasteiger partial charge in [-0.3, -0.25) is 4.79 Å². The lowest BCUT2D eigenvalue weighted by atomic mass is 10.0. The minimum absolute atomic E-state index is 0.0289. The van der Waals surface area contributed by atoms with Gasteiger partial charge in [-0.25, -0.2) is 4.98 Å². The van der Waals surface area contributed by atoms with Crippen molar-refractivity contribution in [2.75, 3.05) is 26.7 Å². The molecule has 1 aliphatic heterocycles. The number of benzene rings is 1. The molecule has 0 bridgehead atoms. The Hall–Kier alpha value is -1.92. The van der Waals surface area contributed by atoms with Gasteiger partial charge in [0.25, 0.3) is 5.91 Å². The number of carbonyl (C=O) groups excluding carboxylic acids is 1. The van der Waals surface area contributed by atoms with Gasteiger partial charge in [0.1, 0.15) is 10.6 Å². The number of carbonyl (C=O) groups is 1. The molecule has 1 aromatic carbocycles. The van der Waals surface area contributed by atoms with Crippen molar-refractivity contribution in [2.45, 2.75) is 44.6 Å². The number of aryl methyl sites for hydroxylation is 1. The summed E-state index contributed by atoms with van der Waals surface area (Å²) in [5.74, 6) is 1.48. The van der Waals surface area contributed by atoms with E-state index < -0.39 is 0 Å². The molecule has 1 amide bonds. The molecule has 0 spiro atoms. The highest BCUT2D eigenvalue weighted by Crippen LogP contribution is 2.38. The predicted octanol–water partition coefficient (Wildman–Crippen LogP) is 3.90. The monoisotopic (exact) mass is 385 g/mol. The first-order chi connectivity index (χ1) is 13.2. The molecule has 1 aliphatic carbocycles. The summed E-state index contributed by atoms with van der Waals surface area (Å²) in [5, 5.41) is 4.57. The molecule has 0 radical (unpaired) electrons. The molecule has 4 rings (SSSR count). The van der Waals surface area contributed by atoms with Crippen molar-refractivity contribution in [1.29, 1.82) is 0 Å². The van der Waals surface area contributed by atoms with Crippen LogP contribution in [0.4, 0.5) is 0 Å². The maximum absolute atomic E-state index is 13.5. The Bertz CT molecular complexity index is 814. The minimum Gasteiger partial charge on any atom is -0.496 e. The summed E-state index contributed by atoms with van der Waals surface area (Å²) in [6.45, 7) is 4.21. The average Bonchev–Trinajstić information content (AvgIpc) is 3.37. The molecule has 2 fully saturated rings. The van der Waals surface area contributed by atoms with Crippen LogP contribution in [0.3, 0.4) is 0 Å². The van der Waals surface area contributed by atoms with Crippen molar-refractivity contribution in [3.63, 3.8) is 0 Å². The van der Waals surface area contributed by atoms with Crippen molar-refractivity contribution >= 4 is 17.2 Å². The van der Waals surface area contributed by atoms with Crippen LogP contribution in [-0.4, -0.2) is 42.5 Å². The van der Waals surface area contributed by atoms with Crippen LogP contribution < -0.4 is 10.1 Å². The molecule has 2 aromatic rings. The van der Waals surface area contributed by atoms with E-state index in [1.807, 2.05) is 30.0 Å². The Morgan fingerprint density at radius 2 is 2.07 bits per heavy atom. The number of methoxy groups -OCH3 is 1. The summed E-state index contributed by atoms with van der Waals surface area (Å²) in [5.41, 5.74) is 1.93. The number of amides is 1. The minimum atomic E-state index is -0.0289. The van der Waals surface area contributed by atoms with Crippen LogP contribution in [0.25, 0.3) is 0 Å². The molecule has 1 N–H and O–H groups in total. The maximum Gasteiger partial charge on any atom is 0.266 e. The fourth-order valence-electron chi connectivity index (χ4n) is 4.26. The molecule has 1 unspecified atom stereocenters. The number of nitrogens with zero attached hydrogens (tertiary/aromatic N) is 2. The van der Waals surface area contributed by atoms with Crippen molar-refractivity contribution in [1.82, 2.24) is 15.2 Å². The Kier molecular flexibility index (Phi) is 5.45. The van der Waals surface area contributed by atoms with E-state index in [-0.39, 0.29) is 11.9 Å². The molecule has 1 saturated heterocycles. The van der Waals surface area contributed by atoms with E-state index in [1.165, 1.54) is 25.7 Å². The third-order valence-electron chi connectivity index (χ3n) is 5.71. The fraction of sp³-hybridized carbons (Fsp3) is 0.524. The first-order valence-electron chi connectivity index (χ1n) is 9.81. The summed E-state index contributed by atoms with van der Waals surface area (Å²) in [6.07, 6.45) is 4.97. The number of nitrogens with one attached hydrogen (secondary N) is 1. The normalized spacial score (nSPS) is 20.8. The lowest BCUT2D eigenvalue weighted by Crippen LogP contribution is -2.48. The lowest BCUT2D eigenvalue weighted by molar-refractivity contribution is 0.0635. The van der Waals surface area contributed by atoms with E-state index in [0.29, 0.717) is 12.5 Å². The summed E-state index contributed by atoms with van der Waals surface area (Å²) in [6, 6.07) is 7.96. The molecule has 144 valence electrons. The molecule has 27 heavy (non-hydrogen) atoms. The zero-order chi connectivity index (χ0) is 18.8. The summed E-state index contributed by atoms with van der Waals surface area (Å²) in [4.78, 5) is 21.0. The van der Waals surface area contributed by atoms with E-state index in [0.717, 1.165) is 40.0 Å². The topological polar surface area (TPSA) is 54.5 Å². The van der Waals surface area contributed by atoms with Gasteiger partial charge in [0, 0.05) is 31.1 Å². The number of rotatable bonds is 4. The van der Waals surface area contributed by atoms with Crippen molar-refractivity contribution in [3.05, 3.63) is 45.4 Å². The predicted molar refractivity (Wildman–Crippen MR) is 108 cm³/mol. The fourth-order valence-corrected chi connectivity index (χ4v) is 5.45. The standard InChI is InChI=1S/C21H27N3O2S/c1-14-19(27-20(23-14)15-7-3-4-8-15)21(25)24-12-11-22-13-17(24)16-9-5-6-10-18(16)26-2/h5-6,9-10,15,17,22H,3-4,7-8,11-13H2,1-2H3. The maximum atomic E-state index is 13.5. The number of para-hydroxylation sites is 1. The zero-order valence-electron chi connectivity index (χ0n) is 16.0. The number of hydrogen-bond acceptors (Lipinski definition) is 5. The second-order valence-electron chi connectivity index (χ2n) is 7.41. The van der Waals surface area contributed by atoms with Crippen LogP contribution in [0.1, 0.15) is 63.6 Å². The second-order valence-corrected chi connectivity index (χ2v) is 8.44. The van der Waals surface area contributed by atoms with Gasteiger partial charge in [0.2, 0.25) is 0 Å². The van der Waals surface area contributed by atoms with Crippen LogP contribution in [0.2, 0.25) is 0 Å². The number of hydrogen-bond donors (Lipinski definition) is 1. The Balaban J connectivity index is 1.63. The van der Waals surface area contributed by atoms with Gasteiger partial charge >= 0.3 is 0 Å². The van der Waals surface area contributed by atoms with Gasteiger partial charge in [-0.2, -0.15) is 0 Å². The van der Waals surface area contributed by atoms with Gasteiger partial charge in [-0.15, -0.1) is 11.3 Å². The highest BCUT2D eigenvalue weighted by molar-refractivity contribution is 7.13. The number of ether oxygens (including phenoxy) is 1. The van der Waals surface area contributed by atoms with Crippen LogP contribution in [-0.2, 0) is 0 Å². The van der Waals surface area contributed by atoms with E-state index >= 15 is 0 Å². The lowest BCUT2D eigenvalue weighted by Gasteiger charge is -2.37. The molecule has 2 aliphatic rings. The van der Waals surface area contributed by atoms with Gasteiger partial charge in [0.05, 0.1) is 23.9 Å². The summed E-state index contributed by atoms with van der Waals surface area (Å²) >= 11 is 1.61. The average molecular weight is 386 g/mol. The number of thiazole rings is 1. The molecular formula is C21H27N3O2S. The molecule has 2 heterocycles. The molecular weight excluding hydrogens is 358 g/mol. The van der Waals surface area contributed by atoms with E-state index in [9.17, 15) is 4.79 Å². The van der Waals surface area contributed by atoms with E-state index in [1.54, 1.807) is 18.4 Å². The van der Waals surface area contributed by atoms with Crippen LogP contribution in [0, 0.1) is 6.92 Å². The third kappa shape index (κ3) is 3.60. The zero-order valence-corrected chi connectivity index (χ0v) is 16.8. The van der Waals surface area contributed by atoms with Crippen molar-refractivity contribution in [3.8, 4) is 5.75 Å². The Morgan fingerprint density at radius 1 is 1.30 bits per heavy atom. The van der Waals surface area contributed by atoms with Gasteiger partial charge in [0.15, 0.2) is 0 Å². The van der Waals surface area contributed by atoms with Gasteiger partial charge in [-0.1, -0.05) is 31.0 Å². The van der Waals surface area contributed by atoms with Crippen molar-refractivity contribution in [2.24, 2.45) is 0 Å². The van der Waals surface area contributed by atoms with Gasteiger partial charge < -0.3 is 15.0 Å². The van der Waals surface area contributed by atoms with E-state index in [2.05, 4.69) is 11.4 Å². The molecule has 6 heteroatoms. The van der Waals surface area contributed by atoms with Gasteiger partial charge in [-0.05, 0) is 25.8 Å². The highest BCUT2D eigenvalue weighted by Gasteiger charge is 2.33. The quantitative estimate of drug-likeness (QED) is 0.867. The smallest absolute Gasteiger partial charge is 0.266 e. The Morgan fingerprint density at radius 3 is 2.85 bits per heavy atom. The summed E-state index contributed by atoms with van der Waals surface area (Å²) < 4.78 is 5.55. The molecule has 1 atom stereocenters. The molecule has 1 saturated carbocycles. The summed E-state index contributed by atoms with van der Waals surface area (Å²) in [7, 11) is 1.68. The highest BCUT2D eigenvalue weighted by atomic mass is 32.1. The first kappa shape index (κ1) is 18.4. The molecule has 5 nitrogen and oxygen atoms in total. The third-order valence-corrected chi connectivity index (χ3v) is 7.02. The van der Waals surface area contributed by atoms with Crippen LogP contribution in [0.5, 0.6) is 5.75 Å². The first-order valence-corrected chi connectivity index (χ1v) is 10.6. The molecule has 1 aromatic heterocycles. The number of aromatic nitrogens is 1. The van der Waals surface area contributed by atoms with E-state index in [4.69, 9.17) is 9.72 Å². The SMILES string of the molecule is COc1ccccc1C1CNCCN1C(=O)c1sc(C2CCCC2)nc1C. The Labute approximate surface area is 164 Å². The second kappa shape index (κ2) is 7.98. The van der Waals surface area contributed by atoms with Crippen molar-refractivity contribution < 1.29 is 9.53 Å².